The SMILES string of the molecule is O=C1CSc2ccc(C(=O)Nc3cccc(OCCn4cccn4)c3)cc2N1. The maximum Gasteiger partial charge on any atom is 0.255 e. The van der Waals surface area contributed by atoms with Crippen LogP contribution in [0.1, 0.15) is 10.4 Å². The number of hydrogen-bond acceptors (Lipinski definition) is 5. The second-order valence-electron chi connectivity index (χ2n) is 6.15. The fourth-order valence-electron chi connectivity index (χ4n) is 2.78. The number of hydrogen-bond donors (Lipinski definition) is 2. The maximum absolute atomic E-state index is 12.6. The van der Waals surface area contributed by atoms with Crippen LogP contribution < -0.4 is 15.4 Å². The lowest BCUT2D eigenvalue weighted by atomic mass is 10.1. The second-order valence-corrected chi connectivity index (χ2v) is 7.16. The van der Waals surface area contributed by atoms with Crippen molar-refractivity contribution in [2.45, 2.75) is 11.4 Å². The molecule has 4 rings (SSSR count). The van der Waals surface area contributed by atoms with Crippen molar-refractivity contribution in [2.75, 3.05) is 23.0 Å². The van der Waals surface area contributed by atoms with Gasteiger partial charge in [-0.05, 0) is 36.4 Å². The monoisotopic (exact) mass is 394 g/mol. The molecule has 2 amide bonds. The van der Waals surface area contributed by atoms with Crippen molar-refractivity contribution < 1.29 is 14.3 Å². The van der Waals surface area contributed by atoms with E-state index < -0.39 is 0 Å². The van der Waals surface area contributed by atoms with Crippen LogP contribution in [0.15, 0.2) is 65.8 Å². The van der Waals surface area contributed by atoms with Gasteiger partial charge in [-0.2, -0.15) is 5.10 Å². The molecule has 0 unspecified atom stereocenters. The minimum Gasteiger partial charge on any atom is -0.492 e. The average Bonchev–Trinajstić information content (AvgIpc) is 3.21. The lowest BCUT2D eigenvalue weighted by Gasteiger charge is -2.17. The summed E-state index contributed by atoms with van der Waals surface area (Å²) in [6.45, 7) is 1.11. The Bertz CT molecular complexity index is 1000. The topological polar surface area (TPSA) is 85.2 Å². The summed E-state index contributed by atoms with van der Waals surface area (Å²) < 4.78 is 7.52. The van der Waals surface area contributed by atoms with Gasteiger partial charge >= 0.3 is 0 Å². The third kappa shape index (κ3) is 4.34. The van der Waals surface area contributed by atoms with E-state index in [0.717, 1.165) is 4.90 Å². The number of carbonyl (C=O) groups excluding carboxylic acids is 2. The van der Waals surface area contributed by atoms with Crippen LogP contribution >= 0.6 is 11.8 Å². The van der Waals surface area contributed by atoms with Crippen LogP contribution in [-0.2, 0) is 11.3 Å². The summed E-state index contributed by atoms with van der Waals surface area (Å²) in [6.07, 6.45) is 3.60. The van der Waals surface area contributed by atoms with Crippen molar-refractivity contribution in [3.63, 3.8) is 0 Å². The molecule has 0 spiro atoms. The van der Waals surface area contributed by atoms with Crippen molar-refractivity contribution in [3.05, 3.63) is 66.5 Å². The van der Waals surface area contributed by atoms with Crippen LogP contribution in [0.25, 0.3) is 0 Å². The van der Waals surface area contributed by atoms with Gasteiger partial charge in [-0.15, -0.1) is 11.8 Å². The first-order valence-electron chi connectivity index (χ1n) is 8.76. The zero-order valence-corrected chi connectivity index (χ0v) is 15.7. The molecular weight excluding hydrogens is 376 g/mol. The Labute approximate surface area is 166 Å². The molecule has 0 saturated carbocycles. The number of nitrogens with zero attached hydrogens (tertiary/aromatic N) is 2. The molecule has 28 heavy (non-hydrogen) atoms. The lowest BCUT2D eigenvalue weighted by molar-refractivity contribution is -0.113. The molecule has 8 heteroatoms. The van der Waals surface area contributed by atoms with Gasteiger partial charge in [0.15, 0.2) is 0 Å². The molecule has 2 heterocycles. The number of carbonyl (C=O) groups is 2. The molecule has 0 saturated heterocycles. The average molecular weight is 394 g/mol. The van der Waals surface area contributed by atoms with Crippen LogP contribution in [-0.4, -0.2) is 34.0 Å². The highest BCUT2D eigenvalue weighted by molar-refractivity contribution is 8.00. The highest BCUT2D eigenvalue weighted by Crippen LogP contribution is 2.32. The number of aromatic nitrogens is 2. The summed E-state index contributed by atoms with van der Waals surface area (Å²) in [5.74, 6) is 0.751. The molecule has 0 fully saturated rings. The third-order valence-electron chi connectivity index (χ3n) is 4.11. The zero-order chi connectivity index (χ0) is 19.3. The first-order valence-corrected chi connectivity index (χ1v) is 9.74. The van der Waals surface area contributed by atoms with Crippen molar-refractivity contribution in [2.24, 2.45) is 0 Å². The van der Waals surface area contributed by atoms with Gasteiger partial charge in [0, 0.05) is 34.6 Å². The highest BCUT2D eigenvalue weighted by Gasteiger charge is 2.17. The van der Waals surface area contributed by atoms with Crippen molar-refractivity contribution >= 4 is 35.0 Å². The third-order valence-corrected chi connectivity index (χ3v) is 5.19. The summed E-state index contributed by atoms with van der Waals surface area (Å²) in [5.41, 5.74) is 1.79. The summed E-state index contributed by atoms with van der Waals surface area (Å²) in [4.78, 5) is 25.1. The van der Waals surface area contributed by atoms with E-state index in [-0.39, 0.29) is 11.8 Å². The Morgan fingerprint density at radius 1 is 1.25 bits per heavy atom. The molecule has 0 bridgehead atoms. The van der Waals surface area contributed by atoms with E-state index in [1.165, 1.54) is 11.8 Å². The Morgan fingerprint density at radius 3 is 3.04 bits per heavy atom. The molecule has 2 aromatic carbocycles. The molecule has 142 valence electrons. The van der Waals surface area contributed by atoms with E-state index in [1.807, 2.05) is 30.5 Å². The number of thioether (sulfide) groups is 1. The molecular formula is C20H18N4O3S. The molecule has 0 radical (unpaired) electrons. The standard InChI is InChI=1S/C20H18N4O3S/c25-19-13-28-18-6-5-14(11-17(18)23-19)20(26)22-15-3-1-4-16(12-15)27-10-9-24-8-2-7-21-24/h1-8,11-12H,9-10,13H2,(H,22,26)(H,23,25). The van der Waals surface area contributed by atoms with Crippen molar-refractivity contribution in [1.82, 2.24) is 9.78 Å². The molecule has 3 aromatic rings. The molecule has 1 aromatic heterocycles. The maximum atomic E-state index is 12.6. The van der Waals surface area contributed by atoms with Crippen molar-refractivity contribution in [3.8, 4) is 5.75 Å². The Kier molecular flexibility index (Phi) is 5.29. The van der Waals surface area contributed by atoms with Gasteiger partial charge in [0.1, 0.15) is 12.4 Å². The van der Waals surface area contributed by atoms with E-state index in [1.54, 1.807) is 35.1 Å². The highest BCUT2D eigenvalue weighted by atomic mass is 32.2. The van der Waals surface area contributed by atoms with E-state index in [4.69, 9.17) is 4.74 Å². The fourth-order valence-corrected chi connectivity index (χ4v) is 3.57. The smallest absolute Gasteiger partial charge is 0.255 e. The van der Waals surface area contributed by atoms with Gasteiger partial charge in [-0.25, -0.2) is 0 Å². The van der Waals surface area contributed by atoms with Gasteiger partial charge in [0.05, 0.1) is 18.0 Å². The summed E-state index contributed by atoms with van der Waals surface area (Å²) in [7, 11) is 0. The molecule has 1 aliphatic heterocycles. The number of nitrogens with one attached hydrogen (secondary N) is 2. The normalized spacial score (nSPS) is 12.8. The van der Waals surface area contributed by atoms with Gasteiger partial charge in [0.25, 0.3) is 5.91 Å². The predicted molar refractivity (Wildman–Crippen MR) is 108 cm³/mol. The minimum atomic E-state index is -0.249. The minimum absolute atomic E-state index is 0.0602. The number of anilines is 2. The van der Waals surface area contributed by atoms with Crippen LogP contribution in [0.4, 0.5) is 11.4 Å². The summed E-state index contributed by atoms with van der Waals surface area (Å²) >= 11 is 1.46. The fraction of sp³-hybridized carbons (Fsp3) is 0.150. The quantitative estimate of drug-likeness (QED) is 0.670. The van der Waals surface area contributed by atoms with Crippen molar-refractivity contribution in [1.29, 1.82) is 0 Å². The molecule has 7 nitrogen and oxygen atoms in total. The molecule has 2 N–H and O–H groups in total. The molecule has 0 aliphatic carbocycles. The lowest BCUT2D eigenvalue weighted by Crippen LogP contribution is -2.19. The Hall–Kier alpha value is -3.26. The van der Waals surface area contributed by atoms with E-state index in [2.05, 4.69) is 15.7 Å². The first-order chi connectivity index (χ1) is 13.7. The summed E-state index contributed by atoms with van der Waals surface area (Å²) in [5, 5.41) is 9.79. The predicted octanol–water partition coefficient (Wildman–Crippen LogP) is 3.26. The van der Waals surface area contributed by atoms with Gasteiger partial charge in [0.2, 0.25) is 5.91 Å². The largest absolute Gasteiger partial charge is 0.492 e. The number of amides is 2. The zero-order valence-electron chi connectivity index (χ0n) is 14.9. The van der Waals surface area contributed by atoms with Gasteiger partial charge < -0.3 is 15.4 Å². The van der Waals surface area contributed by atoms with E-state index in [9.17, 15) is 9.59 Å². The number of rotatable bonds is 6. The van der Waals surface area contributed by atoms with Crippen LogP contribution in [0, 0.1) is 0 Å². The van der Waals surface area contributed by atoms with Crippen LogP contribution in [0.5, 0.6) is 5.75 Å². The van der Waals surface area contributed by atoms with E-state index in [0.29, 0.717) is 41.6 Å². The van der Waals surface area contributed by atoms with Gasteiger partial charge in [-0.3, -0.25) is 14.3 Å². The Balaban J connectivity index is 1.39. The van der Waals surface area contributed by atoms with Gasteiger partial charge in [-0.1, -0.05) is 6.07 Å². The molecule has 0 atom stereocenters. The second kappa shape index (κ2) is 8.18. The first kappa shape index (κ1) is 18.1. The van der Waals surface area contributed by atoms with Crippen LogP contribution in [0.2, 0.25) is 0 Å². The summed E-state index contributed by atoms with van der Waals surface area (Å²) in [6, 6.07) is 14.4. The number of fused-ring (bicyclic) bond motifs is 1. The van der Waals surface area contributed by atoms with Crippen LogP contribution in [0.3, 0.4) is 0 Å². The number of ether oxygens (including phenoxy) is 1. The molecule has 1 aliphatic rings. The number of benzene rings is 2. The van der Waals surface area contributed by atoms with E-state index >= 15 is 0 Å². The Morgan fingerprint density at radius 2 is 2.18 bits per heavy atom.